The molecule has 8 heteroatoms. The Hall–Kier alpha value is -3.26. The lowest BCUT2D eigenvalue weighted by molar-refractivity contribution is -0.114. The van der Waals surface area contributed by atoms with Crippen LogP contribution in [0.5, 0.6) is 5.75 Å². The first-order chi connectivity index (χ1) is 16.5. The number of hydrogen-bond donors (Lipinski definition) is 1. The Kier molecular flexibility index (Phi) is 7.90. The molecule has 0 fully saturated rings. The molecule has 2 aliphatic rings. The summed E-state index contributed by atoms with van der Waals surface area (Å²) in [5, 5.41) is 15.8. The van der Waals surface area contributed by atoms with Crippen LogP contribution in [0.4, 0.5) is 4.39 Å². The molecule has 0 radical (unpaired) electrons. The Morgan fingerprint density at radius 1 is 1.09 bits per heavy atom. The number of benzene rings is 2. The first-order valence-corrected chi connectivity index (χ1v) is 12.3. The lowest BCUT2D eigenvalue weighted by Gasteiger charge is -2.20. The fourth-order valence-electron chi connectivity index (χ4n) is 3.62. The van der Waals surface area contributed by atoms with Gasteiger partial charge in [0.2, 0.25) is 5.17 Å². The van der Waals surface area contributed by atoms with E-state index in [1.165, 1.54) is 42.1 Å². The summed E-state index contributed by atoms with van der Waals surface area (Å²) in [6.07, 6.45) is 8.33. The van der Waals surface area contributed by atoms with Gasteiger partial charge in [0.1, 0.15) is 23.2 Å². The van der Waals surface area contributed by atoms with Crippen LogP contribution in [-0.4, -0.2) is 27.0 Å². The van der Waals surface area contributed by atoms with E-state index in [1.807, 2.05) is 0 Å². The van der Waals surface area contributed by atoms with Gasteiger partial charge < -0.3 is 4.74 Å². The molecule has 2 aromatic carbocycles. The highest BCUT2D eigenvalue weighted by Crippen LogP contribution is 2.30. The first kappa shape index (κ1) is 23.9. The highest BCUT2D eigenvalue weighted by atomic mass is 32.2. The zero-order chi connectivity index (χ0) is 23.9. The monoisotopic (exact) mass is 478 g/mol. The van der Waals surface area contributed by atoms with Gasteiger partial charge in [-0.25, -0.2) is 4.39 Å². The molecular weight excluding hydrogens is 451 g/mol. The third-order valence-corrected chi connectivity index (χ3v) is 6.50. The van der Waals surface area contributed by atoms with E-state index in [2.05, 4.69) is 17.0 Å². The standard InChI is InChI=1S/C26H27FN4O2S/c1-2-3-4-5-6-11-23-30-31-24(28)21(25(32)29-26(31)34-23)16-18-12-14-20(15-13-18)33-17-19-9-7-8-10-22(19)27/h7-10,12-16,28H,2-6,11,17H2,1H3/b21-16-,28-24?. The molecule has 0 atom stereocenters. The second kappa shape index (κ2) is 11.2. The van der Waals surface area contributed by atoms with Crippen molar-refractivity contribution in [3.05, 3.63) is 71.0 Å². The predicted octanol–water partition coefficient (Wildman–Crippen LogP) is 6.38. The molecule has 6 nitrogen and oxygen atoms in total. The van der Waals surface area contributed by atoms with Gasteiger partial charge in [-0.05, 0) is 54.4 Å². The molecule has 0 aromatic heterocycles. The number of halogens is 1. The number of hydrazone groups is 1. The van der Waals surface area contributed by atoms with E-state index in [0.717, 1.165) is 29.9 Å². The van der Waals surface area contributed by atoms with Crippen LogP contribution < -0.4 is 4.74 Å². The second-order valence-electron chi connectivity index (χ2n) is 8.13. The molecule has 176 valence electrons. The summed E-state index contributed by atoms with van der Waals surface area (Å²) < 4.78 is 19.4. The number of fused-ring (bicyclic) bond motifs is 1. The molecule has 1 N–H and O–H groups in total. The van der Waals surface area contributed by atoms with E-state index < -0.39 is 5.91 Å². The van der Waals surface area contributed by atoms with Crippen LogP contribution >= 0.6 is 11.8 Å². The highest BCUT2D eigenvalue weighted by Gasteiger charge is 2.35. The molecule has 0 saturated heterocycles. The first-order valence-electron chi connectivity index (χ1n) is 11.5. The number of ether oxygens (including phenoxy) is 1. The summed E-state index contributed by atoms with van der Waals surface area (Å²) >= 11 is 1.37. The van der Waals surface area contributed by atoms with Crippen LogP contribution in [0.15, 0.2) is 64.2 Å². The lowest BCUT2D eigenvalue weighted by atomic mass is 10.1. The number of carbonyl (C=O) groups excluding carboxylic acids is 1. The van der Waals surface area contributed by atoms with E-state index in [-0.39, 0.29) is 23.8 Å². The number of amides is 1. The SMILES string of the molecule is CCCCCCCC1=NN2C(=N)/C(=C/c3ccc(OCc4ccccc4F)cc3)C(=O)N=C2S1. The van der Waals surface area contributed by atoms with E-state index in [1.54, 1.807) is 48.5 Å². The smallest absolute Gasteiger partial charge is 0.283 e. The Balaban J connectivity index is 1.39. The number of nitrogens with one attached hydrogen (secondary N) is 1. The maximum absolute atomic E-state index is 13.7. The maximum Gasteiger partial charge on any atom is 0.283 e. The molecule has 0 saturated carbocycles. The number of amidine groups is 2. The molecule has 2 heterocycles. The van der Waals surface area contributed by atoms with Crippen LogP contribution in [0.2, 0.25) is 0 Å². The third kappa shape index (κ3) is 5.80. The van der Waals surface area contributed by atoms with Crippen LogP contribution in [-0.2, 0) is 11.4 Å². The predicted molar refractivity (Wildman–Crippen MR) is 136 cm³/mol. The molecule has 0 bridgehead atoms. The van der Waals surface area contributed by atoms with E-state index >= 15 is 0 Å². The minimum absolute atomic E-state index is 0.0309. The number of carbonyl (C=O) groups is 1. The molecular formula is C26H27FN4O2S. The molecule has 0 spiro atoms. The van der Waals surface area contributed by atoms with Gasteiger partial charge >= 0.3 is 0 Å². The zero-order valence-electron chi connectivity index (χ0n) is 19.1. The van der Waals surface area contributed by atoms with Gasteiger partial charge in [0.05, 0.1) is 5.57 Å². The van der Waals surface area contributed by atoms with Gasteiger partial charge in [-0.2, -0.15) is 15.1 Å². The average Bonchev–Trinajstić information content (AvgIpc) is 3.25. The molecule has 2 aromatic rings. The van der Waals surface area contributed by atoms with Crippen molar-refractivity contribution in [3.8, 4) is 5.75 Å². The fraction of sp³-hybridized carbons (Fsp3) is 0.308. The van der Waals surface area contributed by atoms with E-state index in [0.29, 0.717) is 16.5 Å². The number of aliphatic imine (C=N–C) groups is 1. The fourth-order valence-corrected chi connectivity index (χ4v) is 4.54. The minimum Gasteiger partial charge on any atom is -0.489 e. The third-order valence-electron chi connectivity index (χ3n) is 5.53. The second-order valence-corrected chi connectivity index (χ2v) is 9.17. The highest BCUT2D eigenvalue weighted by molar-refractivity contribution is 8.26. The van der Waals surface area contributed by atoms with Crippen molar-refractivity contribution in [2.45, 2.75) is 52.1 Å². The van der Waals surface area contributed by atoms with Gasteiger partial charge in [-0.3, -0.25) is 10.2 Å². The van der Waals surface area contributed by atoms with Crippen molar-refractivity contribution in [3.63, 3.8) is 0 Å². The molecule has 4 rings (SSSR count). The van der Waals surface area contributed by atoms with Crippen molar-refractivity contribution in [1.82, 2.24) is 5.01 Å². The Morgan fingerprint density at radius 3 is 2.62 bits per heavy atom. The minimum atomic E-state index is -0.442. The number of unbranched alkanes of at least 4 members (excludes halogenated alkanes) is 4. The number of thioether (sulfide) groups is 1. The van der Waals surface area contributed by atoms with Gasteiger partial charge in [0, 0.05) is 5.56 Å². The van der Waals surface area contributed by atoms with Gasteiger partial charge in [0.15, 0.2) is 5.84 Å². The summed E-state index contributed by atoms with van der Waals surface area (Å²) in [4.78, 5) is 16.8. The van der Waals surface area contributed by atoms with Crippen LogP contribution in [0.25, 0.3) is 6.08 Å². The Bertz CT molecular complexity index is 1160. The normalized spacial score (nSPS) is 16.5. The van der Waals surface area contributed by atoms with Crippen LogP contribution in [0.3, 0.4) is 0 Å². The largest absolute Gasteiger partial charge is 0.489 e. The lowest BCUT2D eigenvalue weighted by Crippen LogP contribution is -2.35. The van der Waals surface area contributed by atoms with Crippen LogP contribution in [0, 0.1) is 11.2 Å². The quantitative estimate of drug-likeness (QED) is 0.317. The average molecular weight is 479 g/mol. The molecule has 1 amide bonds. The number of hydrogen-bond acceptors (Lipinski definition) is 5. The van der Waals surface area contributed by atoms with Crippen molar-refractivity contribution in [2.75, 3.05) is 0 Å². The van der Waals surface area contributed by atoms with Crippen LogP contribution in [0.1, 0.15) is 56.6 Å². The number of rotatable bonds is 10. The summed E-state index contributed by atoms with van der Waals surface area (Å²) in [6, 6.07) is 13.6. The van der Waals surface area contributed by atoms with Gasteiger partial charge in [-0.15, -0.1) is 0 Å². The topological polar surface area (TPSA) is 78.1 Å². The Labute approximate surface area is 203 Å². The van der Waals surface area contributed by atoms with Gasteiger partial charge in [0.25, 0.3) is 5.91 Å². The van der Waals surface area contributed by atoms with Crippen molar-refractivity contribution in [2.24, 2.45) is 10.1 Å². The molecule has 34 heavy (non-hydrogen) atoms. The van der Waals surface area contributed by atoms with Gasteiger partial charge in [-0.1, -0.05) is 62.9 Å². The summed E-state index contributed by atoms with van der Waals surface area (Å²) in [5.74, 6) is -0.133. The summed E-state index contributed by atoms with van der Waals surface area (Å²) in [6.45, 7) is 2.32. The zero-order valence-corrected chi connectivity index (χ0v) is 19.9. The maximum atomic E-state index is 13.7. The molecule has 0 unspecified atom stereocenters. The van der Waals surface area contributed by atoms with Crippen molar-refractivity contribution < 1.29 is 13.9 Å². The van der Waals surface area contributed by atoms with E-state index in [9.17, 15) is 9.18 Å². The van der Waals surface area contributed by atoms with Crippen molar-refractivity contribution in [1.29, 1.82) is 5.41 Å². The van der Waals surface area contributed by atoms with Crippen molar-refractivity contribution >= 4 is 39.8 Å². The number of nitrogens with zero attached hydrogens (tertiary/aromatic N) is 3. The van der Waals surface area contributed by atoms with E-state index in [4.69, 9.17) is 10.1 Å². The molecule has 2 aliphatic heterocycles. The Morgan fingerprint density at radius 2 is 1.85 bits per heavy atom. The summed E-state index contributed by atoms with van der Waals surface area (Å²) in [7, 11) is 0. The molecule has 0 aliphatic carbocycles. The summed E-state index contributed by atoms with van der Waals surface area (Å²) in [5.41, 5.74) is 1.40.